The van der Waals surface area contributed by atoms with Crippen LogP contribution in [0.5, 0.6) is 0 Å². The number of aliphatic imine (C=N–C) groups is 1. The van der Waals surface area contributed by atoms with Crippen LogP contribution in [-0.4, -0.2) is 53.1 Å². The van der Waals surface area contributed by atoms with Crippen LogP contribution in [0.3, 0.4) is 0 Å². The number of rotatable bonds is 1. The van der Waals surface area contributed by atoms with Gasteiger partial charge in [0.2, 0.25) is 0 Å². The first kappa shape index (κ1) is 11.4. The van der Waals surface area contributed by atoms with E-state index in [4.69, 9.17) is 4.74 Å². The third kappa shape index (κ3) is 2.15. The van der Waals surface area contributed by atoms with E-state index in [0.29, 0.717) is 38.5 Å². The van der Waals surface area contributed by atoms with Crippen molar-refractivity contribution in [3.8, 4) is 0 Å². The molecule has 0 N–H and O–H groups in total. The van der Waals surface area contributed by atoms with Crippen molar-refractivity contribution >= 4 is 12.1 Å². The van der Waals surface area contributed by atoms with Crippen LogP contribution in [0.25, 0.3) is 0 Å². The fourth-order valence-electron chi connectivity index (χ4n) is 2.24. The number of morpholine rings is 1. The van der Waals surface area contributed by atoms with Crippen molar-refractivity contribution in [2.75, 3.05) is 26.3 Å². The van der Waals surface area contributed by atoms with Crippen molar-refractivity contribution in [1.82, 2.24) is 14.7 Å². The van der Waals surface area contributed by atoms with Crippen LogP contribution < -0.4 is 0 Å². The number of aromatic nitrogens is 2. The number of aryl methyl sites for hydroxylation is 1. The molecule has 0 aliphatic carbocycles. The third-order valence-corrected chi connectivity index (χ3v) is 3.23. The summed E-state index contributed by atoms with van der Waals surface area (Å²) in [4.78, 5) is 18.3. The van der Waals surface area contributed by atoms with E-state index in [0.717, 1.165) is 18.7 Å². The van der Waals surface area contributed by atoms with Gasteiger partial charge < -0.3 is 9.64 Å². The number of carbonyl (C=O) groups is 1. The Morgan fingerprint density at radius 3 is 2.94 bits per heavy atom. The van der Waals surface area contributed by atoms with Gasteiger partial charge in [-0.05, 0) is 6.07 Å². The van der Waals surface area contributed by atoms with Crippen LogP contribution in [0.15, 0.2) is 11.1 Å². The van der Waals surface area contributed by atoms with Gasteiger partial charge in [0, 0.05) is 32.3 Å². The lowest BCUT2D eigenvalue weighted by Crippen LogP contribution is -2.40. The summed E-state index contributed by atoms with van der Waals surface area (Å²) >= 11 is 0. The fraction of sp³-hybridized carbons (Fsp3) is 0.583. The molecule has 6 heteroatoms. The second-order valence-electron chi connectivity index (χ2n) is 4.46. The Bertz CT molecular complexity index is 474. The van der Waals surface area contributed by atoms with Gasteiger partial charge in [-0.15, -0.1) is 0 Å². The highest BCUT2D eigenvalue weighted by Gasteiger charge is 2.22. The number of carbonyl (C=O) groups excluding carboxylic acids is 1. The zero-order chi connectivity index (χ0) is 12.4. The Morgan fingerprint density at radius 1 is 1.28 bits per heavy atom. The summed E-state index contributed by atoms with van der Waals surface area (Å²) in [6.07, 6.45) is 2.79. The predicted octanol–water partition coefficient (Wildman–Crippen LogP) is 0.330. The summed E-state index contributed by atoms with van der Waals surface area (Å²) in [6, 6.07) is 1.86. The summed E-state index contributed by atoms with van der Waals surface area (Å²) in [5.74, 6) is 0.00264. The molecule has 1 amide bonds. The minimum atomic E-state index is 0.00264. The lowest BCUT2D eigenvalue weighted by atomic mass is 10.3. The smallest absolute Gasteiger partial charge is 0.274 e. The normalized spacial score (nSPS) is 19.4. The van der Waals surface area contributed by atoms with Crippen LogP contribution in [0.4, 0.5) is 0 Å². The van der Waals surface area contributed by atoms with E-state index in [-0.39, 0.29) is 5.91 Å². The van der Waals surface area contributed by atoms with Crippen LogP contribution in [0.1, 0.15) is 22.6 Å². The molecule has 0 atom stereocenters. The van der Waals surface area contributed by atoms with Gasteiger partial charge in [0.05, 0.1) is 25.5 Å². The summed E-state index contributed by atoms with van der Waals surface area (Å²) in [7, 11) is 0. The Labute approximate surface area is 105 Å². The minimum absolute atomic E-state index is 0.00264. The Hall–Kier alpha value is -1.69. The van der Waals surface area contributed by atoms with Gasteiger partial charge in [-0.1, -0.05) is 0 Å². The van der Waals surface area contributed by atoms with Gasteiger partial charge in [-0.3, -0.25) is 14.5 Å². The molecule has 3 rings (SSSR count). The topological polar surface area (TPSA) is 59.7 Å². The van der Waals surface area contributed by atoms with Gasteiger partial charge in [-0.25, -0.2) is 0 Å². The molecule has 2 aliphatic rings. The molecule has 96 valence electrons. The van der Waals surface area contributed by atoms with E-state index >= 15 is 0 Å². The number of nitrogens with zero attached hydrogens (tertiary/aromatic N) is 4. The largest absolute Gasteiger partial charge is 0.378 e. The quantitative estimate of drug-likeness (QED) is 0.719. The van der Waals surface area contributed by atoms with E-state index in [1.807, 2.05) is 17.0 Å². The molecule has 0 aromatic carbocycles. The summed E-state index contributed by atoms with van der Waals surface area (Å²) in [6.45, 7) is 3.95. The molecule has 0 unspecified atom stereocenters. The average Bonchev–Trinajstić information content (AvgIpc) is 2.70. The summed E-state index contributed by atoms with van der Waals surface area (Å²) in [5, 5.41) is 4.39. The van der Waals surface area contributed by atoms with Crippen molar-refractivity contribution in [2.45, 2.75) is 19.5 Å². The summed E-state index contributed by atoms with van der Waals surface area (Å²) in [5.41, 5.74) is 1.55. The van der Waals surface area contributed by atoms with Crippen molar-refractivity contribution in [1.29, 1.82) is 0 Å². The third-order valence-electron chi connectivity index (χ3n) is 3.23. The number of hydrogen-bond donors (Lipinski definition) is 0. The molecule has 1 fully saturated rings. The standard InChI is InChI=1S/C12H16N4O2/c17-12(15-4-6-18-7-5-15)11-8-10-9-13-2-1-3-16(10)14-11/h2,8H,1,3-7,9H2. The molecular weight excluding hydrogens is 232 g/mol. The molecule has 0 spiro atoms. The summed E-state index contributed by atoms with van der Waals surface area (Å²) < 4.78 is 7.13. The van der Waals surface area contributed by atoms with Crippen LogP contribution in [0, 0.1) is 0 Å². The zero-order valence-electron chi connectivity index (χ0n) is 10.2. The molecule has 0 bridgehead atoms. The first-order chi connectivity index (χ1) is 8.84. The molecule has 0 saturated carbocycles. The van der Waals surface area contributed by atoms with Crippen molar-refractivity contribution in [3.05, 3.63) is 17.5 Å². The molecule has 0 radical (unpaired) electrons. The Kier molecular flexibility index (Phi) is 3.10. The lowest BCUT2D eigenvalue weighted by molar-refractivity contribution is 0.0298. The maximum absolute atomic E-state index is 12.3. The molecule has 1 aromatic rings. The lowest BCUT2D eigenvalue weighted by Gasteiger charge is -2.25. The van der Waals surface area contributed by atoms with E-state index in [1.54, 1.807) is 4.90 Å². The molecule has 1 aromatic heterocycles. The van der Waals surface area contributed by atoms with E-state index in [1.165, 1.54) is 0 Å². The van der Waals surface area contributed by atoms with Crippen molar-refractivity contribution < 1.29 is 9.53 Å². The van der Waals surface area contributed by atoms with Crippen molar-refractivity contribution in [2.24, 2.45) is 4.99 Å². The number of fused-ring (bicyclic) bond motifs is 1. The molecular formula is C12H16N4O2. The fourth-order valence-corrected chi connectivity index (χ4v) is 2.24. The van der Waals surface area contributed by atoms with Gasteiger partial charge in [-0.2, -0.15) is 5.10 Å². The zero-order valence-corrected chi connectivity index (χ0v) is 10.2. The van der Waals surface area contributed by atoms with Gasteiger partial charge in [0.15, 0.2) is 5.69 Å². The first-order valence-corrected chi connectivity index (χ1v) is 6.26. The molecule has 18 heavy (non-hydrogen) atoms. The van der Waals surface area contributed by atoms with E-state index in [9.17, 15) is 4.79 Å². The maximum atomic E-state index is 12.3. The number of hydrogen-bond acceptors (Lipinski definition) is 4. The van der Waals surface area contributed by atoms with E-state index < -0.39 is 0 Å². The average molecular weight is 248 g/mol. The predicted molar refractivity (Wildman–Crippen MR) is 65.8 cm³/mol. The monoisotopic (exact) mass is 248 g/mol. The first-order valence-electron chi connectivity index (χ1n) is 6.26. The molecule has 1 saturated heterocycles. The Balaban J connectivity index is 1.79. The number of ether oxygens (including phenoxy) is 1. The minimum Gasteiger partial charge on any atom is -0.378 e. The van der Waals surface area contributed by atoms with E-state index in [2.05, 4.69) is 10.1 Å². The molecule has 2 aliphatic heterocycles. The SMILES string of the molecule is O=C(c1cc2n(n1)CCC=NC2)N1CCOCC1. The van der Waals surface area contributed by atoms with Crippen LogP contribution in [-0.2, 0) is 17.8 Å². The maximum Gasteiger partial charge on any atom is 0.274 e. The second kappa shape index (κ2) is 4.89. The second-order valence-corrected chi connectivity index (χ2v) is 4.46. The molecule has 3 heterocycles. The van der Waals surface area contributed by atoms with Gasteiger partial charge in [0.25, 0.3) is 5.91 Å². The van der Waals surface area contributed by atoms with Crippen LogP contribution in [0.2, 0.25) is 0 Å². The van der Waals surface area contributed by atoms with Crippen LogP contribution >= 0.6 is 0 Å². The van der Waals surface area contributed by atoms with Gasteiger partial charge in [0.1, 0.15) is 0 Å². The highest BCUT2D eigenvalue weighted by atomic mass is 16.5. The molecule has 6 nitrogen and oxygen atoms in total. The number of amides is 1. The van der Waals surface area contributed by atoms with Crippen molar-refractivity contribution in [3.63, 3.8) is 0 Å². The Morgan fingerprint density at radius 2 is 2.11 bits per heavy atom. The highest BCUT2D eigenvalue weighted by molar-refractivity contribution is 5.92. The van der Waals surface area contributed by atoms with Gasteiger partial charge >= 0.3 is 0 Å². The highest BCUT2D eigenvalue weighted by Crippen LogP contribution is 2.12.